The molecular weight excluding hydrogens is 222 g/mol. The van der Waals surface area contributed by atoms with Crippen molar-refractivity contribution in [2.45, 2.75) is 38.5 Å². The number of amides is 2. The highest BCUT2D eigenvalue weighted by Gasteiger charge is 2.21. The number of hydrogen-bond acceptors (Lipinski definition) is 4. The van der Waals surface area contributed by atoms with Gasteiger partial charge in [0, 0.05) is 12.1 Å². The summed E-state index contributed by atoms with van der Waals surface area (Å²) in [6.45, 7) is 0. The van der Waals surface area contributed by atoms with E-state index in [9.17, 15) is 9.59 Å². The third-order valence-electron chi connectivity index (χ3n) is 2.94. The summed E-state index contributed by atoms with van der Waals surface area (Å²) in [5, 5.41) is 4.01. The molecule has 0 spiro atoms. The van der Waals surface area contributed by atoms with Crippen LogP contribution in [0.25, 0.3) is 0 Å². The largest absolute Gasteiger partial charge is 0.469 e. The van der Waals surface area contributed by atoms with E-state index in [-0.39, 0.29) is 11.9 Å². The maximum Gasteiger partial charge on any atom is 0.332 e. The van der Waals surface area contributed by atoms with E-state index in [0.29, 0.717) is 12.8 Å². The summed E-state index contributed by atoms with van der Waals surface area (Å²) < 4.78 is 4.61. The van der Waals surface area contributed by atoms with Crippen LogP contribution in [-0.2, 0) is 9.53 Å². The van der Waals surface area contributed by atoms with Gasteiger partial charge in [0.1, 0.15) is 0 Å². The van der Waals surface area contributed by atoms with E-state index in [1.54, 1.807) is 0 Å². The molecule has 0 heterocycles. The summed E-state index contributed by atoms with van der Waals surface area (Å²) in [7, 11) is 1.38. The minimum absolute atomic E-state index is 0.210. The number of rotatable bonds is 4. The fraction of sp³-hybridized carbons (Fsp3) is 0.727. The number of nitrogens with two attached hydrogens (primary N) is 1. The van der Waals surface area contributed by atoms with Gasteiger partial charge in [-0.15, -0.1) is 0 Å². The normalized spacial score (nSPS) is 22.2. The number of primary amides is 1. The summed E-state index contributed by atoms with van der Waals surface area (Å²) in [4.78, 5) is 21.7. The van der Waals surface area contributed by atoms with Crippen LogP contribution in [0.4, 0.5) is 4.79 Å². The number of nitrogens with one attached hydrogen (secondary N) is 1. The third kappa shape index (κ3) is 4.84. The summed E-state index contributed by atoms with van der Waals surface area (Å²) in [5.41, 5.74) is 8.15. The molecule has 0 aromatic heterocycles. The first-order valence-electron chi connectivity index (χ1n) is 5.82. The second kappa shape index (κ2) is 6.88. The van der Waals surface area contributed by atoms with Crippen molar-refractivity contribution in [2.24, 2.45) is 16.8 Å². The van der Waals surface area contributed by atoms with Gasteiger partial charge in [-0.3, -0.25) is 4.79 Å². The molecular formula is C11H19N3O3. The van der Waals surface area contributed by atoms with Crippen LogP contribution in [0.5, 0.6) is 0 Å². The first-order valence-corrected chi connectivity index (χ1v) is 5.82. The Morgan fingerprint density at radius 2 is 2.29 bits per heavy atom. The molecule has 0 aliphatic heterocycles. The minimum atomic E-state index is -0.658. The van der Waals surface area contributed by atoms with E-state index >= 15 is 0 Å². The van der Waals surface area contributed by atoms with Crippen molar-refractivity contribution < 1.29 is 14.3 Å². The molecule has 2 amide bonds. The number of hydrazone groups is 1. The average molecular weight is 241 g/mol. The molecule has 0 bridgehead atoms. The van der Waals surface area contributed by atoms with Crippen LogP contribution < -0.4 is 11.2 Å². The zero-order chi connectivity index (χ0) is 12.7. The Balaban J connectivity index is 2.50. The highest BCUT2D eigenvalue weighted by molar-refractivity contribution is 5.88. The Morgan fingerprint density at radius 3 is 2.94 bits per heavy atom. The van der Waals surface area contributed by atoms with E-state index in [1.165, 1.54) is 7.11 Å². The number of carbonyl (C=O) groups is 2. The van der Waals surface area contributed by atoms with Gasteiger partial charge < -0.3 is 10.5 Å². The van der Waals surface area contributed by atoms with Crippen molar-refractivity contribution in [1.29, 1.82) is 0 Å². The maximum absolute atomic E-state index is 11.1. The Morgan fingerprint density at radius 1 is 1.53 bits per heavy atom. The molecule has 0 aromatic carbocycles. The molecule has 6 nitrogen and oxygen atoms in total. The van der Waals surface area contributed by atoms with Gasteiger partial charge in [-0.1, -0.05) is 6.42 Å². The van der Waals surface area contributed by atoms with Crippen LogP contribution >= 0.6 is 0 Å². The highest BCUT2D eigenvalue weighted by Crippen LogP contribution is 2.25. The zero-order valence-electron chi connectivity index (χ0n) is 10.1. The predicted molar refractivity (Wildman–Crippen MR) is 63.4 cm³/mol. The molecule has 1 fully saturated rings. The molecule has 3 N–H and O–H groups in total. The molecule has 1 atom stereocenters. The van der Waals surface area contributed by atoms with Crippen molar-refractivity contribution >= 4 is 17.7 Å². The third-order valence-corrected chi connectivity index (χ3v) is 2.94. The molecule has 0 saturated heterocycles. The van der Waals surface area contributed by atoms with Gasteiger partial charge >= 0.3 is 12.0 Å². The highest BCUT2D eigenvalue weighted by atomic mass is 16.5. The van der Waals surface area contributed by atoms with Gasteiger partial charge in [-0.2, -0.15) is 5.10 Å². The molecule has 1 aliphatic carbocycles. The Kier molecular flexibility index (Phi) is 5.45. The average Bonchev–Trinajstić information content (AvgIpc) is 2.34. The van der Waals surface area contributed by atoms with Crippen LogP contribution in [0.2, 0.25) is 0 Å². The lowest BCUT2D eigenvalue weighted by Gasteiger charge is -2.23. The molecule has 0 radical (unpaired) electrons. The number of nitrogens with zero attached hydrogens (tertiary/aromatic N) is 1. The van der Waals surface area contributed by atoms with Crippen molar-refractivity contribution in [3.63, 3.8) is 0 Å². The van der Waals surface area contributed by atoms with Crippen molar-refractivity contribution in [3.05, 3.63) is 0 Å². The fourth-order valence-electron chi connectivity index (χ4n) is 2.05. The predicted octanol–water partition coefficient (Wildman–Crippen LogP) is 1.15. The van der Waals surface area contributed by atoms with Crippen LogP contribution in [-0.4, -0.2) is 24.8 Å². The quantitative estimate of drug-likeness (QED) is 0.571. The molecule has 1 aliphatic rings. The Labute approximate surface area is 101 Å². The van der Waals surface area contributed by atoms with E-state index in [4.69, 9.17) is 5.73 Å². The lowest BCUT2D eigenvalue weighted by atomic mass is 9.84. The topological polar surface area (TPSA) is 93.8 Å². The molecule has 96 valence electrons. The standard InChI is InChI=1S/C11H19N3O3/c1-17-10(15)7-6-8-4-2-3-5-9(8)13-14-11(12)16/h8H,2-7H2,1H3,(H3,12,14,16)/b13-9-. The second-order valence-corrected chi connectivity index (χ2v) is 4.14. The lowest BCUT2D eigenvalue weighted by molar-refractivity contribution is -0.140. The van der Waals surface area contributed by atoms with Gasteiger partial charge in [-0.05, 0) is 31.6 Å². The van der Waals surface area contributed by atoms with Gasteiger partial charge in [0.2, 0.25) is 0 Å². The summed E-state index contributed by atoms with van der Waals surface area (Å²) >= 11 is 0. The summed E-state index contributed by atoms with van der Waals surface area (Å²) in [5.74, 6) is 0.0347. The Hall–Kier alpha value is -1.59. The monoisotopic (exact) mass is 241 g/mol. The van der Waals surface area contributed by atoms with Crippen LogP contribution in [0.3, 0.4) is 0 Å². The van der Waals surface area contributed by atoms with Crippen LogP contribution in [0, 0.1) is 5.92 Å². The maximum atomic E-state index is 11.1. The molecule has 0 aromatic rings. The van der Waals surface area contributed by atoms with Crippen LogP contribution in [0.15, 0.2) is 5.10 Å². The Bertz CT molecular complexity index is 315. The first kappa shape index (κ1) is 13.5. The number of hydrogen-bond donors (Lipinski definition) is 2. The minimum Gasteiger partial charge on any atom is -0.469 e. The number of methoxy groups -OCH3 is 1. The van der Waals surface area contributed by atoms with E-state index in [1.807, 2.05) is 0 Å². The number of ether oxygens (including phenoxy) is 1. The SMILES string of the molecule is COC(=O)CCC1CCCC/C1=N/NC(N)=O. The lowest BCUT2D eigenvalue weighted by Crippen LogP contribution is -2.29. The second-order valence-electron chi connectivity index (χ2n) is 4.14. The van der Waals surface area contributed by atoms with Gasteiger partial charge in [0.05, 0.1) is 7.11 Å². The number of carbonyl (C=O) groups excluding carboxylic acids is 2. The zero-order valence-corrected chi connectivity index (χ0v) is 10.1. The fourth-order valence-corrected chi connectivity index (χ4v) is 2.05. The summed E-state index contributed by atoms with van der Waals surface area (Å²) in [6.07, 6.45) is 5.14. The van der Waals surface area contributed by atoms with Gasteiger partial charge in [-0.25, -0.2) is 10.2 Å². The molecule has 1 saturated carbocycles. The summed E-state index contributed by atoms with van der Waals surface area (Å²) in [6, 6.07) is -0.658. The van der Waals surface area contributed by atoms with Crippen LogP contribution in [0.1, 0.15) is 38.5 Å². The smallest absolute Gasteiger partial charge is 0.332 e. The number of esters is 1. The molecule has 6 heteroatoms. The van der Waals surface area contributed by atoms with Crippen molar-refractivity contribution in [1.82, 2.24) is 5.43 Å². The first-order chi connectivity index (χ1) is 8.13. The van der Waals surface area contributed by atoms with E-state index < -0.39 is 6.03 Å². The molecule has 17 heavy (non-hydrogen) atoms. The number of urea groups is 1. The van der Waals surface area contributed by atoms with Crippen molar-refractivity contribution in [2.75, 3.05) is 7.11 Å². The van der Waals surface area contributed by atoms with E-state index in [0.717, 1.165) is 31.4 Å². The molecule has 1 rings (SSSR count). The molecule has 1 unspecified atom stereocenters. The van der Waals surface area contributed by atoms with Gasteiger partial charge in [0.15, 0.2) is 0 Å². The van der Waals surface area contributed by atoms with Gasteiger partial charge in [0.25, 0.3) is 0 Å². The van der Waals surface area contributed by atoms with E-state index in [2.05, 4.69) is 15.3 Å². The van der Waals surface area contributed by atoms with Crippen molar-refractivity contribution in [3.8, 4) is 0 Å².